The quantitative estimate of drug-likeness (QED) is 0.906. The molecule has 2 amide bonds. The number of pyridine rings is 1. The van der Waals surface area contributed by atoms with Crippen molar-refractivity contribution in [2.45, 2.75) is 25.4 Å². The number of alkyl halides is 3. The summed E-state index contributed by atoms with van der Waals surface area (Å²) in [4.78, 5) is 29.9. The van der Waals surface area contributed by atoms with E-state index in [0.29, 0.717) is 13.1 Å². The standard InChI is InChI=1S/C18H18F3N3O2/c19-18(20,21)16-12-5-1-2-6-14(12)23-11-13(16)17(26)22-8-7-15(25)24-9-3-4-10-24/h1-2,5-6,11H,3-4,7-10H2,(H,22,26). The number of likely N-dealkylation sites (tertiary alicyclic amines) is 1. The fraction of sp³-hybridized carbons (Fsp3) is 0.389. The smallest absolute Gasteiger partial charge is 0.351 e. The maximum absolute atomic E-state index is 13.5. The van der Waals surface area contributed by atoms with E-state index >= 15 is 0 Å². The number of benzene rings is 1. The van der Waals surface area contributed by atoms with Gasteiger partial charge in [0.25, 0.3) is 5.91 Å². The number of hydrogen-bond acceptors (Lipinski definition) is 3. The van der Waals surface area contributed by atoms with Gasteiger partial charge in [-0.2, -0.15) is 13.2 Å². The Kier molecular flexibility index (Phi) is 5.11. The van der Waals surface area contributed by atoms with Crippen LogP contribution in [0.5, 0.6) is 0 Å². The zero-order valence-electron chi connectivity index (χ0n) is 14.0. The summed E-state index contributed by atoms with van der Waals surface area (Å²) in [6.45, 7) is 1.37. The number of nitrogens with one attached hydrogen (secondary N) is 1. The van der Waals surface area contributed by atoms with E-state index in [0.717, 1.165) is 19.0 Å². The Morgan fingerprint density at radius 1 is 1.15 bits per heavy atom. The van der Waals surface area contributed by atoms with Crippen molar-refractivity contribution in [2.24, 2.45) is 0 Å². The van der Waals surface area contributed by atoms with Crippen LogP contribution in [0.4, 0.5) is 13.2 Å². The molecule has 0 spiro atoms. The molecule has 2 aromatic rings. The van der Waals surface area contributed by atoms with Crippen molar-refractivity contribution in [1.29, 1.82) is 0 Å². The molecule has 1 saturated heterocycles. The molecule has 2 heterocycles. The van der Waals surface area contributed by atoms with Crippen LogP contribution in [0.2, 0.25) is 0 Å². The lowest BCUT2D eigenvalue weighted by molar-refractivity contribution is -0.136. The Morgan fingerprint density at radius 3 is 2.54 bits per heavy atom. The third kappa shape index (κ3) is 3.79. The van der Waals surface area contributed by atoms with Crippen LogP contribution in [0.3, 0.4) is 0 Å². The van der Waals surface area contributed by atoms with E-state index < -0.39 is 23.2 Å². The average molecular weight is 365 g/mol. The molecule has 1 aliphatic heterocycles. The molecule has 138 valence electrons. The first-order valence-corrected chi connectivity index (χ1v) is 8.39. The third-order valence-electron chi connectivity index (χ3n) is 4.39. The number of fused-ring (bicyclic) bond motifs is 1. The first-order valence-electron chi connectivity index (χ1n) is 8.39. The second-order valence-corrected chi connectivity index (χ2v) is 6.16. The molecule has 0 unspecified atom stereocenters. The number of hydrogen-bond donors (Lipinski definition) is 1. The molecule has 5 nitrogen and oxygen atoms in total. The molecule has 1 fully saturated rings. The van der Waals surface area contributed by atoms with Gasteiger partial charge in [0.1, 0.15) is 0 Å². The Morgan fingerprint density at radius 2 is 1.85 bits per heavy atom. The molecule has 3 rings (SSSR count). The fourth-order valence-electron chi connectivity index (χ4n) is 3.12. The van der Waals surface area contributed by atoms with Crippen LogP contribution >= 0.6 is 0 Å². The maximum Gasteiger partial charge on any atom is 0.417 e. The van der Waals surface area contributed by atoms with E-state index in [1.165, 1.54) is 18.2 Å². The zero-order valence-corrected chi connectivity index (χ0v) is 14.0. The van der Waals surface area contributed by atoms with E-state index in [4.69, 9.17) is 0 Å². The van der Waals surface area contributed by atoms with Crippen molar-refractivity contribution in [3.05, 3.63) is 41.6 Å². The first kappa shape index (κ1) is 18.2. The van der Waals surface area contributed by atoms with Crippen LogP contribution in [0.1, 0.15) is 35.2 Å². The molecule has 1 N–H and O–H groups in total. The minimum absolute atomic E-state index is 0.0156. The Labute approximate surface area is 148 Å². The molecule has 0 saturated carbocycles. The number of amides is 2. The van der Waals surface area contributed by atoms with Gasteiger partial charge in [-0.15, -0.1) is 0 Å². The van der Waals surface area contributed by atoms with Crippen LogP contribution in [0.15, 0.2) is 30.5 Å². The average Bonchev–Trinajstić information content (AvgIpc) is 3.14. The van der Waals surface area contributed by atoms with Crippen molar-refractivity contribution >= 4 is 22.7 Å². The molecule has 8 heteroatoms. The van der Waals surface area contributed by atoms with Crippen LogP contribution in [0, 0.1) is 0 Å². The highest BCUT2D eigenvalue weighted by Gasteiger charge is 2.37. The summed E-state index contributed by atoms with van der Waals surface area (Å²) in [7, 11) is 0. The van der Waals surface area contributed by atoms with Gasteiger partial charge >= 0.3 is 6.18 Å². The van der Waals surface area contributed by atoms with Gasteiger partial charge in [-0.25, -0.2) is 0 Å². The van der Waals surface area contributed by atoms with Gasteiger partial charge in [-0.05, 0) is 18.9 Å². The molecule has 1 aromatic heterocycles. The minimum atomic E-state index is -4.69. The third-order valence-corrected chi connectivity index (χ3v) is 4.39. The predicted octanol–water partition coefficient (Wildman–Crippen LogP) is 3.00. The lowest BCUT2D eigenvalue weighted by atomic mass is 10.0. The summed E-state index contributed by atoms with van der Waals surface area (Å²) in [6.07, 6.45) is -1.79. The molecule has 0 atom stereocenters. The number of nitrogens with zero attached hydrogens (tertiary/aromatic N) is 2. The number of aromatic nitrogens is 1. The summed E-state index contributed by atoms with van der Waals surface area (Å²) in [5.74, 6) is -0.986. The highest BCUT2D eigenvalue weighted by Crippen LogP contribution is 2.36. The van der Waals surface area contributed by atoms with Crippen molar-refractivity contribution in [1.82, 2.24) is 15.2 Å². The molecular formula is C18H18F3N3O2. The maximum atomic E-state index is 13.5. The predicted molar refractivity (Wildman–Crippen MR) is 89.5 cm³/mol. The van der Waals surface area contributed by atoms with E-state index in [9.17, 15) is 22.8 Å². The lowest BCUT2D eigenvalue weighted by Gasteiger charge is -2.17. The number of carbonyl (C=O) groups excluding carboxylic acids is 2. The van der Waals surface area contributed by atoms with Crippen LogP contribution in [-0.4, -0.2) is 41.3 Å². The highest BCUT2D eigenvalue weighted by molar-refractivity contribution is 6.00. The molecule has 1 aliphatic rings. The second kappa shape index (κ2) is 7.31. The summed E-state index contributed by atoms with van der Waals surface area (Å²) >= 11 is 0. The van der Waals surface area contributed by atoms with Crippen molar-refractivity contribution in [2.75, 3.05) is 19.6 Å². The lowest BCUT2D eigenvalue weighted by Crippen LogP contribution is -2.33. The Hall–Kier alpha value is -2.64. The zero-order chi connectivity index (χ0) is 18.7. The van der Waals surface area contributed by atoms with Gasteiger partial charge in [-0.3, -0.25) is 14.6 Å². The van der Waals surface area contributed by atoms with Crippen molar-refractivity contribution < 1.29 is 22.8 Å². The Bertz CT molecular complexity index is 830. The summed E-state index contributed by atoms with van der Waals surface area (Å²) in [6, 6.07) is 5.80. The molecule has 26 heavy (non-hydrogen) atoms. The van der Waals surface area contributed by atoms with Crippen LogP contribution in [-0.2, 0) is 11.0 Å². The minimum Gasteiger partial charge on any atom is -0.351 e. The van der Waals surface area contributed by atoms with Gasteiger partial charge in [-0.1, -0.05) is 18.2 Å². The first-order chi connectivity index (χ1) is 12.4. The summed E-state index contributed by atoms with van der Waals surface area (Å²) < 4.78 is 40.6. The largest absolute Gasteiger partial charge is 0.417 e. The summed E-state index contributed by atoms with van der Waals surface area (Å²) in [5, 5.41) is 2.28. The van der Waals surface area contributed by atoms with E-state index in [1.807, 2.05) is 0 Å². The van der Waals surface area contributed by atoms with Gasteiger partial charge in [0, 0.05) is 37.6 Å². The van der Waals surface area contributed by atoms with Gasteiger partial charge in [0.05, 0.1) is 16.6 Å². The topological polar surface area (TPSA) is 62.3 Å². The normalized spacial score (nSPS) is 14.7. The molecule has 0 radical (unpaired) electrons. The second-order valence-electron chi connectivity index (χ2n) is 6.16. The SMILES string of the molecule is O=C(NCCC(=O)N1CCCC1)c1cnc2ccccc2c1C(F)(F)F. The molecule has 0 aliphatic carbocycles. The van der Waals surface area contributed by atoms with Crippen LogP contribution in [0.25, 0.3) is 10.9 Å². The number of rotatable bonds is 4. The van der Waals surface area contributed by atoms with Crippen LogP contribution < -0.4 is 5.32 Å². The van der Waals surface area contributed by atoms with E-state index in [-0.39, 0.29) is 29.8 Å². The number of halogens is 3. The summed E-state index contributed by atoms with van der Waals surface area (Å²) in [5.41, 5.74) is -1.38. The molecule has 0 bridgehead atoms. The van der Waals surface area contributed by atoms with E-state index in [2.05, 4.69) is 10.3 Å². The fourth-order valence-corrected chi connectivity index (χ4v) is 3.12. The van der Waals surface area contributed by atoms with Gasteiger partial charge in [0.2, 0.25) is 5.91 Å². The van der Waals surface area contributed by atoms with Gasteiger partial charge < -0.3 is 10.2 Å². The monoisotopic (exact) mass is 365 g/mol. The van der Waals surface area contributed by atoms with E-state index in [1.54, 1.807) is 11.0 Å². The molecule has 1 aromatic carbocycles. The number of carbonyl (C=O) groups is 2. The van der Waals surface area contributed by atoms with Gasteiger partial charge in [0.15, 0.2) is 0 Å². The molecular weight excluding hydrogens is 347 g/mol. The number of para-hydroxylation sites is 1. The highest BCUT2D eigenvalue weighted by atomic mass is 19.4. The van der Waals surface area contributed by atoms with Crippen molar-refractivity contribution in [3.63, 3.8) is 0 Å². The van der Waals surface area contributed by atoms with Crippen molar-refractivity contribution in [3.8, 4) is 0 Å². The Balaban J connectivity index is 1.76.